The van der Waals surface area contributed by atoms with Crippen molar-refractivity contribution in [3.63, 3.8) is 0 Å². The number of amides is 1. The third-order valence-electron chi connectivity index (χ3n) is 4.36. The maximum atomic E-state index is 12.3. The fourth-order valence-electron chi connectivity index (χ4n) is 2.95. The van der Waals surface area contributed by atoms with E-state index in [0.29, 0.717) is 23.9 Å². The number of nitrogens with zero attached hydrogens (tertiary/aromatic N) is 1. The summed E-state index contributed by atoms with van der Waals surface area (Å²) in [5, 5.41) is 12.7. The van der Waals surface area contributed by atoms with E-state index in [0.717, 1.165) is 32.1 Å². The van der Waals surface area contributed by atoms with Crippen molar-refractivity contribution in [2.45, 2.75) is 63.5 Å². The van der Waals surface area contributed by atoms with Crippen LogP contribution in [0.4, 0.5) is 0 Å². The highest BCUT2D eigenvalue weighted by molar-refractivity contribution is 5.95. The Hall–Kier alpha value is -1.69. The zero-order valence-corrected chi connectivity index (χ0v) is 12.2. The van der Waals surface area contributed by atoms with Gasteiger partial charge in [-0.1, -0.05) is 12.8 Å². The summed E-state index contributed by atoms with van der Waals surface area (Å²) in [7, 11) is 0. The standard InChI is InChI=1S/C15H21N3O3/c1-8-12(15(21)18-13(16-8)9-6-7-9)14(20)17-10-4-2-3-5-11(10)19/h9-11,19H,2-7H2,1H3,(H,17,20)(H,16,18,21). The van der Waals surface area contributed by atoms with Gasteiger partial charge in [-0.2, -0.15) is 0 Å². The van der Waals surface area contributed by atoms with Crippen LogP contribution in [-0.2, 0) is 0 Å². The normalized spacial score (nSPS) is 25.6. The maximum absolute atomic E-state index is 12.3. The van der Waals surface area contributed by atoms with Crippen LogP contribution in [-0.4, -0.2) is 33.1 Å². The summed E-state index contributed by atoms with van der Waals surface area (Å²) in [5.74, 6) is 0.593. The molecule has 0 aromatic carbocycles. The first kappa shape index (κ1) is 14.3. The molecule has 1 amide bonds. The van der Waals surface area contributed by atoms with Crippen molar-refractivity contribution < 1.29 is 9.90 Å². The van der Waals surface area contributed by atoms with Gasteiger partial charge in [-0.3, -0.25) is 9.59 Å². The topological polar surface area (TPSA) is 95.1 Å². The number of H-pyrrole nitrogens is 1. The van der Waals surface area contributed by atoms with Crippen LogP contribution in [0.2, 0.25) is 0 Å². The number of carbonyl (C=O) groups excluding carboxylic acids is 1. The van der Waals surface area contributed by atoms with Gasteiger partial charge < -0.3 is 15.4 Å². The van der Waals surface area contributed by atoms with Crippen molar-refractivity contribution in [3.8, 4) is 0 Å². The predicted molar refractivity (Wildman–Crippen MR) is 77.3 cm³/mol. The number of aliphatic hydroxyl groups is 1. The van der Waals surface area contributed by atoms with E-state index in [-0.39, 0.29) is 17.2 Å². The minimum absolute atomic E-state index is 0.0668. The Bertz CT molecular complexity index is 607. The van der Waals surface area contributed by atoms with Crippen molar-refractivity contribution in [2.75, 3.05) is 0 Å². The van der Waals surface area contributed by atoms with Crippen LogP contribution in [0.25, 0.3) is 0 Å². The second-order valence-electron chi connectivity index (χ2n) is 6.12. The van der Waals surface area contributed by atoms with Crippen molar-refractivity contribution in [3.05, 3.63) is 27.4 Å². The van der Waals surface area contributed by atoms with E-state index in [9.17, 15) is 14.7 Å². The lowest BCUT2D eigenvalue weighted by Crippen LogP contribution is -2.46. The predicted octanol–water partition coefficient (Wildman–Crippen LogP) is 0.989. The molecule has 3 N–H and O–H groups in total. The minimum atomic E-state index is -0.527. The average Bonchev–Trinajstić information content (AvgIpc) is 3.25. The van der Waals surface area contributed by atoms with Gasteiger partial charge in [0.05, 0.1) is 17.8 Å². The zero-order chi connectivity index (χ0) is 15.0. The van der Waals surface area contributed by atoms with E-state index in [2.05, 4.69) is 15.3 Å². The number of aromatic nitrogens is 2. The highest BCUT2D eigenvalue weighted by Gasteiger charge is 2.29. The van der Waals surface area contributed by atoms with Crippen LogP contribution in [0.15, 0.2) is 4.79 Å². The molecule has 6 nitrogen and oxygen atoms in total. The lowest BCUT2D eigenvalue weighted by molar-refractivity contribution is 0.0715. The summed E-state index contributed by atoms with van der Waals surface area (Å²) in [6.45, 7) is 1.69. The number of rotatable bonds is 3. The summed E-state index contributed by atoms with van der Waals surface area (Å²) in [6, 6.07) is -0.270. The van der Waals surface area contributed by atoms with E-state index >= 15 is 0 Å². The Morgan fingerprint density at radius 3 is 2.62 bits per heavy atom. The molecule has 6 heteroatoms. The van der Waals surface area contributed by atoms with Gasteiger partial charge >= 0.3 is 0 Å². The number of carbonyl (C=O) groups is 1. The van der Waals surface area contributed by atoms with E-state index in [1.54, 1.807) is 6.92 Å². The van der Waals surface area contributed by atoms with Crippen LogP contribution in [0.5, 0.6) is 0 Å². The van der Waals surface area contributed by atoms with Gasteiger partial charge in [-0.05, 0) is 32.6 Å². The quantitative estimate of drug-likeness (QED) is 0.774. The highest BCUT2D eigenvalue weighted by atomic mass is 16.3. The van der Waals surface area contributed by atoms with Crippen LogP contribution >= 0.6 is 0 Å². The summed E-state index contributed by atoms with van der Waals surface area (Å²) >= 11 is 0. The molecule has 1 aromatic rings. The number of hydrogen-bond donors (Lipinski definition) is 3. The smallest absolute Gasteiger partial charge is 0.264 e. The van der Waals surface area contributed by atoms with Crippen LogP contribution in [0.1, 0.15) is 66.3 Å². The highest BCUT2D eigenvalue weighted by Crippen LogP contribution is 2.37. The van der Waals surface area contributed by atoms with Gasteiger partial charge in [0.25, 0.3) is 11.5 Å². The van der Waals surface area contributed by atoms with E-state index in [4.69, 9.17) is 0 Å². The Labute approximate surface area is 123 Å². The lowest BCUT2D eigenvalue weighted by atomic mass is 9.92. The van der Waals surface area contributed by atoms with E-state index < -0.39 is 12.0 Å². The molecule has 3 rings (SSSR count). The summed E-state index contributed by atoms with van der Waals surface area (Å²) in [5.41, 5.74) is 0.146. The molecule has 1 heterocycles. The fourth-order valence-corrected chi connectivity index (χ4v) is 2.95. The number of hydrogen-bond acceptors (Lipinski definition) is 4. The largest absolute Gasteiger partial charge is 0.391 e. The monoisotopic (exact) mass is 291 g/mol. The van der Waals surface area contributed by atoms with Crippen molar-refractivity contribution in [1.29, 1.82) is 0 Å². The Morgan fingerprint density at radius 2 is 2.00 bits per heavy atom. The van der Waals surface area contributed by atoms with Gasteiger partial charge in [0.2, 0.25) is 0 Å². The Balaban J connectivity index is 1.79. The molecule has 2 aliphatic carbocycles. The molecule has 2 aliphatic rings. The molecule has 2 atom stereocenters. The van der Waals surface area contributed by atoms with Gasteiger partial charge in [0.1, 0.15) is 11.4 Å². The molecule has 0 radical (unpaired) electrons. The number of aliphatic hydroxyl groups excluding tert-OH is 1. The van der Waals surface area contributed by atoms with Crippen molar-refractivity contribution in [2.24, 2.45) is 0 Å². The van der Waals surface area contributed by atoms with Crippen LogP contribution in [0, 0.1) is 6.92 Å². The first-order valence-electron chi connectivity index (χ1n) is 7.66. The third kappa shape index (κ3) is 3.00. The van der Waals surface area contributed by atoms with Crippen LogP contribution < -0.4 is 10.9 Å². The lowest BCUT2D eigenvalue weighted by Gasteiger charge is -2.28. The summed E-state index contributed by atoms with van der Waals surface area (Å²) in [6.07, 6.45) is 4.96. The van der Waals surface area contributed by atoms with Crippen LogP contribution in [0.3, 0.4) is 0 Å². The molecule has 0 saturated heterocycles. The van der Waals surface area contributed by atoms with Gasteiger partial charge in [0.15, 0.2) is 0 Å². The fraction of sp³-hybridized carbons (Fsp3) is 0.667. The SMILES string of the molecule is Cc1nc(C2CC2)[nH]c(=O)c1C(=O)NC1CCCCC1O. The van der Waals surface area contributed by atoms with Gasteiger partial charge in [-0.15, -0.1) is 0 Å². The summed E-state index contributed by atoms with van der Waals surface area (Å²) < 4.78 is 0. The molecule has 0 aliphatic heterocycles. The van der Waals surface area contributed by atoms with Crippen molar-refractivity contribution >= 4 is 5.91 Å². The Kier molecular flexibility index (Phi) is 3.80. The summed E-state index contributed by atoms with van der Waals surface area (Å²) in [4.78, 5) is 31.5. The molecule has 114 valence electrons. The number of nitrogens with one attached hydrogen (secondary N) is 2. The zero-order valence-electron chi connectivity index (χ0n) is 12.2. The number of aromatic amines is 1. The third-order valence-corrected chi connectivity index (χ3v) is 4.36. The molecular weight excluding hydrogens is 270 g/mol. The first-order chi connectivity index (χ1) is 10.1. The van der Waals surface area contributed by atoms with Crippen molar-refractivity contribution in [1.82, 2.24) is 15.3 Å². The second-order valence-corrected chi connectivity index (χ2v) is 6.12. The Morgan fingerprint density at radius 1 is 1.29 bits per heavy atom. The molecule has 21 heavy (non-hydrogen) atoms. The van der Waals surface area contributed by atoms with Gasteiger partial charge in [0, 0.05) is 5.92 Å². The maximum Gasteiger partial charge on any atom is 0.264 e. The molecule has 0 spiro atoms. The van der Waals surface area contributed by atoms with Gasteiger partial charge in [-0.25, -0.2) is 4.98 Å². The second kappa shape index (κ2) is 5.60. The molecule has 2 fully saturated rings. The molecule has 1 aromatic heterocycles. The molecular formula is C15H21N3O3. The minimum Gasteiger partial charge on any atom is -0.391 e. The average molecular weight is 291 g/mol. The molecule has 2 saturated carbocycles. The first-order valence-corrected chi connectivity index (χ1v) is 7.66. The number of aryl methyl sites for hydroxylation is 1. The van der Waals surface area contributed by atoms with E-state index in [1.807, 2.05) is 0 Å². The molecule has 0 bridgehead atoms. The van der Waals surface area contributed by atoms with E-state index in [1.165, 1.54) is 0 Å². The molecule has 2 unspecified atom stereocenters.